The van der Waals surface area contributed by atoms with Crippen LogP contribution in [0, 0.1) is 0 Å². The van der Waals surface area contributed by atoms with Gasteiger partial charge in [0, 0.05) is 0 Å². The third kappa shape index (κ3) is 17.1. The summed E-state index contributed by atoms with van der Waals surface area (Å²) in [4.78, 5) is 0. The standard InChI is InChI=1S/C16H35O2PS2/c1-3-5-7-9-11-13-15-17-19(20,21)18-16-14-12-10-8-6-4-2/h3-16H2,1-2H3,(H,20,21). The second-order valence-corrected chi connectivity index (χ2v) is 11.0. The molecule has 5 heteroatoms. The Hall–Kier alpha value is 0.920. The van der Waals surface area contributed by atoms with Gasteiger partial charge in [0.25, 0.3) is 0 Å². The number of unbranched alkanes of at least 4 members (excludes halogenated alkanes) is 10. The molecule has 0 N–H and O–H groups in total. The van der Waals surface area contributed by atoms with E-state index in [-0.39, 0.29) is 0 Å². The Morgan fingerprint density at radius 2 is 1.00 bits per heavy atom. The monoisotopic (exact) mass is 354 g/mol. The van der Waals surface area contributed by atoms with Crippen LogP contribution in [0.2, 0.25) is 0 Å². The number of hydrogen-bond donors (Lipinski definition) is 1. The van der Waals surface area contributed by atoms with Crippen LogP contribution in [-0.4, -0.2) is 13.2 Å². The van der Waals surface area contributed by atoms with E-state index < -0.39 is 5.69 Å². The first-order valence-electron chi connectivity index (χ1n) is 8.74. The summed E-state index contributed by atoms with van der Waals surface area (Å²) in [5.74, 6) is 0. The lowest BCUT2D eigenvalue weighted by Crippen LogP contribution is -1.96. The van der Waals surface area contributed by atoms with Gasteiger partial charge in [-0.05, 0) is 24.6 Å². The topological polar surface area (TPSA) is 18.5 Å². The molecule has 128 valence electrons. The van der Waals surface area contributed by atoms with Gasteiger partial charge < -0.3 is 9.05 Å². The fourth-order valence-electron chi connectivity index (χ4n) is 2.16. The second kappa shape index (κ2) is 15.8. The van der Waals surface area contributed by atoms with Crippen molar-refractivity contribution in [2.45, 2.75) is 90.9 Å². The first-order valence-corrected chi connectivity index (χ1v) is 12.5. The Morgan fingerprint density at radius 1 is 0.667 bits per heavy atom. The first kappa shape index (κ1) is 21.9. The van der Waals surface area contributed by atoms with Crippen molar-refractivity contribution in [2.75, 3.05) is 13.2 Å². The molecule has 0 saturated heterocycles. The number of thiol groups is 1. The molecular formula is C16H35O2PS2. The van der Waals surface area contributed by atoms with Crippen molar-refractivity contribution in [1.29, 1.82) is 0 Å². The number of rotatable bonds is 16. The fourth-order valence-corrected chi connectivity index (χ4v) is 3.89. The van der Waals surface area contributed by atoms with Crippen LogP contribution in [0.15, 0.2) is 0 Å². The van der Waals surface area contributed by atoms with Gasteiger partial charge in [0.05, 0.1) is 13.2 Å². The van der Waals surface area contributed by atoms with E-state index in [1.165, 1.54) is 64.2 Å². The van der Waals surface area contributed by atoms with Crippen LogP contribution < -0.4 is 0 Å². The largest absolute Gasteiger partial charge is 0.322 e. The summed E-state index contributed by atoms with van der Waals surface area (Å²) in [5, 5.41) is 0. The Balaban J connectivity index is 3.37. The van der Waals surface area contributed by atoms with Crippen molar-refractivity contribution in [3.05, 3.63) is 0 Å². The summed E-state index contributed by atoms with van der Waals surface area (Å²) in [6.45, 7) is 5.87. The summed E-state index contributed by atoms with van der Waals surface area (Å²) in [7, 11) is 0. The minimum absolute atomic E-state index is 0.698. The van der Waals surface area contributed by atoms with E-state index in [0.29, 0.717) is 13.2 Å². The highest BCUT2D eigenvalue weighted by Gasteiger charge is 2.12. The predicted molar refractivity (Wildman–Crippen MR) is 102 cm³/mol. The lowest BCUT2D eigenvalue weighted by atomic mass is 10.1. The minimum atomic E-state index is -2.29. The van der Waals surface area contributed by atoms with Gasteiger partial charge in [-0.3, -0.25) is 0 Å². The predicted octanol–water partition coefficient (Wildman–Crippen LogP) is 6.89. The van der Waals surface area contributed by atoms with Gasteiger partial charge in [-0.2, -0.15) is 0 Å². The van der Waals surface area contributed by atoms with E-state index in [1.807, 2.05) is 0 Å². The van der Waals surface area contributed by atoms with Crippen LogP contribution in [0.1, 0.15) is 90.9 Å². The SMILES string of the molecule is CCCCCCCCOP(=S)(S)OCCCCCCCC. The molecule has 0 rings (SSSR count). The van der Waals surface area contributed by atoms with Crippen molar-refractivity contribution in [1.82, 2.24) is 0 Å². The van der Waals surface area contributed by atoms with Crippen LogP contribution in [0.25, 0.3) is 0 Å². The van der Waals surface area contributed by atoms with Gasteiger partial charge in [-0.15, -0.1) is 0 Å². The summed E-state index contributed by atoms with van der Waals surface area (Å²) < 4.78 is 11.3. The highest BCUT2D eigenvalue weighted by Crippen LogP contribution is 2.53. The summed E-state index contributed by atoms with van der Waals surface area (Å²) in [5.41, 5.74) is -2.29. The molecule has 0 fully saturated rings. The molecular weight excluding hydrogens is 319 g/mol. The maximum atomic E-state index is 5.65. The van der Waals surface area contributed by atoms with Crippen LogP contribution >= 0.6 is 17.9 Å². The van der Waals surface area contributed by atoms with Gasteiger partial charge in [0.1, 0.15) is 0 Å². The zero-order valence-electron chi connectivity index (χ0n) is 14.0. The third-order valence-electron chi connectivity index (χ3n) is 3.50. The highest BCUT2D eigenvalue weighted by molar-refractivity contribution is 8.60. The van der Waals surface area contributed by atoms with E-state index in [0.717, 1.165) is 12.8 Å². The normalized spacial score (nSPS) is 12.0. The maximum Gasteiger partial charge on any atom is 0.244 e. The molecule has 0 aromatic rings. The lowest BCUT2D eigenvalue weighted by Gasteiger charge is -2.16. The molecule has 0 bridgehead atoms. The van der Waals surface area contributed by atoms with E-state index in [2.05, 4.69) is 26.1 Å². The zero-order chi connectivity index (χ0) is 15.8. The molecule has 0 amide bonds. The quantitative estimate of drug-likeness (QED) is 0.185. The Labute approximate surface area is 143 Å². The van der Waals surface area contributed by atoms with Gasteiger partial charge in [-0.1, -0.05) is 90.3 Å². The Morgan fingerprint density at radius 3 is 1.38 bits per heavy atom. The van der Waals surface area contributed by atoms with Gasteiger partial charge in [0.2, 0.25) is 5.69 Å². The third-order valence-corrected chi connectivity index (χ3v) is 5.85. The van der Waals surface area contributed by atoms with E-state index in [9.17, 15) is 0 Å². The van der Waals surface area contributed by atoms with Crippen molar-refractivity contribution in [3.63, 3.8) is 0 Å². The van der Waals surface area contributed by atoms with Crippen molar-refractivity contribution < 1.29 is 9.05 Å². The van der Waals surface area contributed by atoms with Crippen LogP contribution in [0.5, 0.6) is 0 Å². The van der Waals surface area contributed by atoms with Crippen LogP contribution in [-0.2, 0) is 20.9 Å². The molecule has 0 aromatic heterocycles. The lowest BCUT2D eigenvalue weighted by molar-refractivity contribution is 0.250. The second-order valence-electron chi connectivity index (χ2n) is 5.67. The molecule has 2 nitrogen and oxygen atoms in total. The molecule has 0 radical (unpaired) electrons. The maximum absolute atomic E-state index is 5.65. The van der Waals surface area contributed by atoms with Gasteiger partial charge >= 0.3 is 0 Å². The molecule has 0 aliphatic carbocycles. The molecule has 21 heavy (non-hydrogen) atoms. The van der Waals surface area contributed by atoms with Gasteiger partial charge in [-0.25, -0.2) is 0 Å². The first-order chi connectivity index (χ1) is 10.1. The zero-order valence-corrected chi connectivity index (χ0v) is 16.6. The molecule has 0 aliphatic rings. The molecule has 0 aliphatic heterocycles. The average molecular weight is 355 g/mol. The smallest absolute Gasteiger partial charge is 0.244 e. The summed E-state index contributed by atoms with van der Waals surface area (Å²) in [6, 6.07) is 0. The molecule has 0 spiro atoms. The van der Waals surface area contributed by atoms with Crippen LogP contribution in [0.4, 0.5) is 0 Å². The summed E-state index contributed by atoms with van der Waals surface area (Å²) in [6.07, 6.45) is 15.1. The van der Waals surface area contributed by atoms with E-state index in [4.69, 9.17) is 20.9 Å². The van der Waals surface area contributed by atoms with E-state index >= 15 is 0 Å². The minimum Gasteiger partial charge on any atom is -0.322 e. The molecule has 0 heterocycles. The Kier molecular flexibility index (Phi) is 16.5. The molecule has 0 saturated carbocycles. The van der Waals surface area contributed by atoms with Crippen LogP contribution in [0.3, 0.4) is 0 Å². The fraction of sp³-hybridized carbons (Fsp3) is 1.00. The van der Waals surface area contributed by atoms with Gasteiger partial charge in [0.15, 0.2) is 0 Å². The van der Waals surface area contributed by atoms with Crippen molar-refractivity contribution in [2.24, 2.45) is 0 Å². The summed E-state index contributed by atoms with van der Waals surface area (Å²) >= 11 is 9.70. The highest BCUT2D eigenvalue weighted by atomic mass is 32.9. The van der Waals surface area contributed by atoms with Crippen molar-refractivity contribution in [3.8, 4) is 0 Å². The average Bonchev–Trinajstić information content (AvgIpc) is 2.45. The Bertz CT molecular complexity index is 241. The molecule has 0 atom stereocenters. The molecule has 0 unspecified atom stereocenters. The number of hydrogen-bond acceptors (Lipinski definition) is 3. The van der Waals surface area contributed by atoms with E-state index in [1.54, 1.807) is 0 Å². The van der Waals surface area contributed by atoms with Crippen molar-refractivity contribution >= 4 is 29.7 Å². The molecule has 0 aromatic carbocycles.